The van der Waals surface area contributed by atoms with E-state index < -0.39 is 5.60 Å². The van der Waals surface area contributed by atoms with E-state index in [2.05, 4.69) is 10.5 Å². The third-order valence-corrected chi connectivity index (χ3v) is 6.89. The zero-order valence-electron chi connectivity index (χ0n) is 19.8. The van der Waals surface area contributed by atoms with Crippen LogP contribution in [0.2, 0.25) is 5.02 Å². The standard InChI is InChI=1S/C28H26ClN3O4/c1-35-25-18-20(31-36-24-10-4-6-19-7-5-15-30-26(19)24)11-12-21(25)27(33)32-16-13-28(34,14-17-32)22-8-2-3-9-23(22)29/h2-12,15,18,31,34H,13-14,16-17H2,1H3. The van der Waals surface area contributed by atoms with Gasteiger partial charge in [0.05, 0.1) is 24.0 Å². The first-order valence-corrected chi connectivity index (χ1v) is 12.1. The number of piperidine rings is 1. The van der Waals surface area contributed by atoms with Gasteiger partial charge in [-0.2, -0.15) is 0 Å². The summed E-state index contributed by atoms with van der Waals surface area (Å²) in [6, 6.07) is 22.0. The van der Waals surface area contributed by atoms with Crippen LogP contribution >= 0.6 is 11.6 Å². The lowest BCUT2D eigenvalue weighted by Crippen LogP contribution is -2.45. The highest BCUT2D eigenvalue weighted by Crippen LogP contribution is 2.37. The number of benzene rings is 3. The first kappa shape index (κ1) is 23.9. The average Bonchev–Trinajstić information content (AvgIpc) is 2.92. The van der Waals surface area contributed by atoms with Crippen molar-refractivity contribution in [2.45, 2.75) is 18.4 Å². The Kier molecular flexibility index (Phi) is 6.67. The molecule has 3 aromatic carbocycles. The van der Waals surface area contributed by atoms with E-state index in [1.807, 2.05) is 48.5 Å². The number of carbonyl (C=O) groups is 1. The number of pyridine rings is 1. The number of para-hydroxylation sites is 1. The zero-order chi connectivity index (χ0) is 25.1. The van der Waals surface area contributed by atoms with Crippen molar-refractivity contribution in [3.8, 4) is 11.5 Å². The maximum Gasteiger partial charge on any atom is 0.257 e. The predicted octanol–water partition coefficient (Wildman–Crippen LogP) is 5.43. The van der Waals surface area contributed by atoms with Gasteiger partial charge in [-0.05, 0) is 43.2 Å². The van der Waals surface area contributed by atoms with Crippen LogP contribution in [0.1, 0.15) is 28.8 Å². The van der Waals surface area contributed by atoms with Crippen molar-refractivity contribution in [2.75, 3.05) is 25.7 Å². The smallest absolute Gasteiger partial charge is 0.257 e. The lowest BCUT2D eigenvalue weighted by Gasteiger charge is -2.39. The van der Waals surface area contributed by atoms with Crippen LogP contribution in [0.15, 0.2) is 79.0 Å². The molecule has 4 aromatic rings. The molecule has 36 heavy (non-hydrogen) atoms. The Balaban J connectivity index is 1.28. The Bertz CT molecular complexity index is 1400. The van der Waals surface area contributed by atoms with Crippen molar-refractivity contribution < 1.29 is 19.5 Å². The van der Waals surface area contributed by atoms with Gasteiger partial charge in [-0.25, -0.2) is 5.48 Å². The fraction of sp³-hybridized carbons (Fsp3) is 0.214. The van der Waals surface area contributed by atoms with Gasteiger partial charge in [0.25, 0.3) is 5.91 Å². The zero-order valence-corrected chi connectivity index (χ0v) is 20.5. The number of methoxy groups -OCH3 is 1. The fourth-order valence-corrected chi connectivity index (χ4v) is 4.87. The van der Waals surface area contributed by atoms with E-state index in [0.29, 0.717) is 59.3 Å². The SMILES string of the molecule is COc1cc(NOc2cccc3cccnc23)ccc1C(=O)N1CCC(O)(c2ccccc2Cl)CC1. The van der Waals surface area contributed by atoms with Crippen molar-refractivity contribution in [3.05, 3.63) is 95.1 Å². The second kappa shape index (κ2) is 10.0. The number of nitrogens with one attached hydrogen (secondary N) is 1. The van der Waals surface area contributed by atoms with E-state index in [9.17, 15) is 9.90 Å². The van der Waals surface area contributed by atoms with Gasteiger partial charge in [0.1, 0.15) is 11.3 Å². The first-order chi connectivity index (χ1) is 17.5. The number of carbonyl (C=O) groups excluding carboxylic acids is 1. The number of aliphatic hydroxyl groups is 1. The summed E-state index contributed by atoms with van der Waals surface area (Å²) in [7, 11) is 1.53. The highest BCUT2D eigenvalue weighted by atomic mass is 35.5. The number of halogens is 1. The Labute approximate surface area is 214 Å². The quantitative estimate of drug-likeness (QED) is 0.341. The number of ether oxygens (including phenoxy) is 1. The lowest BCUT2D eigenvalue weighted by molar-refractivity contribution is -0.0211. The van der Waals surface area contributed by atoms with Gasteiger partial charge in [-0.3, -0.25) is 9.78 Å². The van der Waals surface area contributed by atoms with Crippen LogP contribution in [-0.4, -0.2) is 41.1 Å². The van der Waals surface area contributed by atoms with Gasteiger partial charge >= 0.3 is 0 Å². The molecule has 0 unspecified atom stereocenters. The Morgan fingerprint density at radius 2 is 1.81 bits per heavy atom. The summed E-state index contributed by atoms with van der Waals surface area (Å²) in [5.41, 5.74) is 4.38. The number of nitrogens with zero attached hydrogens (tertiary/aromatic N) is 2. The monoisotopic (exact) mass is 503 g/mol. The number of anilines is 1. The molecular weight excluding hydrogens is 478 g/mol. The van der Waals surface area contributed by atoms with E-state index in [1.54, 1.807) is 35.4 Å². The van der Waals surface area contributed by atoms with Crippen LogP contribution in [0, 0.1) is 0 Å². The second-order valence-electron chi connectivity index (χ2n) is 8.75. The summed E-state index contributed by atoms with van der Waals surface area (Å²) in [6.07, 6.45) is 2.52. The fourth-order valence-electron chi connectivity index (χ4n) is 4.56. The molecule has 5 rings (SSSR count). The van der Waals surface area contributed by atoms with E-state index >= 15 is 0 Å². The van der Waals surface area contributed by atoms with Gasteiger partial charge in [-0.1, -0.05) is 48.0 Å². The summed E-state index contributed by atoms with van der Waals surface area (Å²) in [6.45, 7) is 0.807. The molecule has 2 N–H and O–H groups in total. The number of fused-ring (bicyclic) bond motifs is 1. The summed E-state index contributed by atoms with van der Waals surface area (Å²) < 4.78 is 5.52. The number of hydrogen-bond donors (Lipinski definition) is 2. The molecule has 1 fully saturated rings. The molecule has 184 valence electrons. The largest absolute Gasteiger partial charge is 0.496 e. The van der Waals surface area contributed by atoms with Gasteiger partial charge in [0, 0.05) is 41.3 Å². The van der Waals surface area contributed by atoms with Crippen LogP contribution in [0.3, 0.4) is 0 Å². The van der Waals surface area contributed by atoms with E-state index in [0.717, 1.165) is 10.9 Å². The third-order valence-electron chi connectivity index (χ3n) is 6.56. The Hall–Kier alpha value is -3.81. The average molecular weight is 504 g/mol. The van der Waals surface area contributed by atoms with Crippen LogP contribution < -0.4 is 15.1 Å². The summed E-state index contributed by atoms with van der Waals surface area (Å²) >= 11 is 6.31. The van der Waals surface area contributed by atoms with Crippen molar-refractivity contribution in [2.24, 2.45) is 0 Å². The van der Waals surface area contributed by atoms with Gasteiger partial charge in [0.2, 0.25) is 0 Å². The van der Waals surface area contributed by atoms with Crippen molar-refractivity contribution in [3.63, 3.8) is 0 Å². The number of amides is 1. The minimum atomic E-state index is -1.05. The highest BCUT2D eigenvalue weighted by molar-refractivity contribution is 6.31. The van der Waals surface area contributed by atoms with Crippen LogP contribution in [-0.2, 0) is 5.60 Å². The Morgan fingerprint density at radius 1 is 1.03 bits per heavy atom. The molecule has 1 aliphatic rings. The first-order valence-electron chi connectivity index (χ1n) is 11.7. The minimum Gasteiger partial charge on any atom is -0.496 e. The van der Waals surface area contributed by atoms with Gasteiger partial charge < -0.3 is 19.6 Å². The molecule has 1 amide bonds. The molecule has 0 bridgehead atoms. The molecule has 8 heteroatoms. The predicted molar refractivity (Wildman–Crippen MR) is 139 cm³/mol. The van der Waals surface area contributed by atoms with E-state index in [1.165, 1.54) is 7.11 Å². The summed E-state index contributed by atoms with van der Waals surface area (Å²) in [4.78, 5) is 25.2. The minimum absolute atomic E-state index is 0.154. The van der Waals surface area contributed by atoms with Crippen molar-refractivity contribution in [1.82, 2.24) is 9.88 Å². The molecule has 0 saturated carbocycles. The number of aromatic nitrogens is 1. The third kappa shape index (κ3) is 4.67. The van der Waals surface area contributed by atoms with Crippen LogP contribution in [0.25, 0.3) is 10.9 Å². The second-order valence-corrected chi connectivity index (χ2v) is 9.16. The van der Waals surface area contributed by atoms with Crippen LogP contribution in [0.5, 0.6) is 11.5 Å². The summed E-state index contributed by atoms with van der Waals surface area (Å²) in [5, 5.41) is 12.7. The molecular formula is C28H26ClN3O4. The number of rotatable bonds is 6. The molecule has 0 aliphatic carbocycles. The molecule has 7 nitrogen and oxygen atoms in total. The molecule has 1 aromatic heterocycles. The highest BCUT2D eigenvalue weighted by Gasteiger charge is 2.37. The Morgan fingerprint density at radius 3 is 2.58 bits per heavy atom. The lowest BCUT2D eigenvalue weighted by atomic mass is 9.84. The molecule has 0 radical (unpaired) electrons. The van der Waals surface area contributed by atoms with Gasteiger partial charge in [-0.15, -0.1) is 0 Å². The molecule has 2 heterocycles. The van der Waals surface area contributed by atoms with Crippen molar-refractivity contribution >= 4 is 34.1 Å². The topological polar surface area (TPSA) is 83.9 Å². The van der Waals surface area contributed by atoms with Gasteiger partial charge in [0.15, 0.2) is 5.75 Å². The van der Waals surface area contributed by atoms with Crippen LogP contribution in [0.4, 0.5) is 5.69 Å². The normalized spacial score (nSPS) is 14.9. The van der Waals surface area contributed by atoms with E-state index in [-0.39, 0.29) is 5.91 Å². The maximum absolute atomic E-state index is 13.3. The van der Waals surface area contributed by atoms with Crippen molar-refractivity contribution in [1.29, 1.82) is 0 Å². The number of hydrogen-bond acceptors (Lipinski definition) is 6. The summed E-state index contributed by atoms with van der Waals surface area (Å²) in [5.74, 6) is 0.863. The van der Waals surface area contributed by atoms with E-state index in [4.69, 9.17) is 21.2 Å². The molecule has 0 spiro atoms. The maximum atomic E-state index is 13.3. The molecule has 0 atom stereocenters. The number of likely N-dealkylation sites (tertiary alicyclic amines) is 1. The molecule has 1 saturated heterocycles. The molecule has 1 aliphatic heterocycles.